The van der Waals surface area contributed by atoms with Crippen LogP contribution in [0.1, 0.15) is 329 Å². The number of esters is 3. The average molecular weight is 944 g/mol. The van der Waals surface area contributed by atoms with Gasteiger partial charge in [0.2, 0.25) is 0 Å². The third-order valence-electron chi connectivity index (χ3n) is 12.6. The van der Waals surface area contributed by atoms with Crippen molar-refractivity contribution in [3.8, 4) is 0 Å². The van der Waals surface area contributed by atoms with Gasteiger partial charge >= 0.3 is 17.9 Å². The Balaban J connectivity index is -0.000000902. The molecule has 0 atom stereocenters. The Morgan fingerprint density at radius 2 is 0.348 bits per heavy atom. The minimum Gasteiger partial charge on any atom is -0.439 e. The molecule has 3 N–H and O–H groups in total. The van der Waals surface area contributed by atoms with Crippen molar-refractivity contribution in [2.45, 2.75) is 329 Å². The SMILES string of the molecule is CCCCCCCCCCCCCCCCCC(=O)OCO.CCCCCCCCCCCCCCCCCC(=O)OCO.CCCCCCCCCCCCCCCCCC(=O)OCO. The fourth-order valence-electron chi connectivity index (χ4n) is 8.35. The molecule has 0 bridgehead atoms. The number of unbranched alkanes of at least 4 members (excludes halogenated alkanes) is 42. The van der Waals surface area contributed by atoms with Gasteiger partial charge in [-0.25, -0.2) is 0 Å². The maximum Gasteiger partial charge on any atom is 0.307 e. The summed E-state index contributed by atoms with van der Waals surface area (Å²) >= 11 is 0. The van der Waals surface area contributed by atoms with E-state index in [-0.39, 0.29) is 17.9 Å². The van der Waals surface area contributed by atoms with E-state index in [1.54, 1.807) is 0 Å². The monoisotopic (exact) mass is 943 g/mol. The van der Waals surface area contributed by atoms with Crippen LogP contribution in [0.4, 0.5) is 0 Å². The van der Waals surface area contributed by atoms with E-state index in [9.17, 15) is 14.4 Å². The van der Waals surface area contributed by atoms with Gasteiger partial charge in [-0.15, -0.1) is 0 Å². The third kappa shape index (κ3) is 68.9. The van der Waals surface area contributed by atoms with Gasteiger partial charge in [-0.05, 0) is 19.3 Å². The fourth-order valence-corrected chi connectivity index (χ4v) is 8.35. The van der Waals surface area contributed by atoms with Crippen molar-refractivity contribution in [3.63, 3.8) is 0 Å². The van der Waals surface area contributed by atoms with Crippen molar-refractivity contribution < 1.29 is 43.9 Å². The van der Waals surface area contributed by atoms with E-state index in [1.807, 2.05) is 0 Å². The van der Waals surface area contributed by atoms with E-state index in [0.717, 1.165) is 38.5 Å². The molecule has 0 aliphatic heterocycles. The van der Waals surface area contributed by atoms with Crippen LogP contribution in [0, 0.1) is 0 Å². The molecule has 0 aromatic carbocycles. The van der Waals surface area contributed by atoms with Crippen molar-refractivity contribution in [1.82, 2.24) is 0 Å². The van der Waals surface area contributed by atoms with Crippen molar-refractivity contribution in [3.05, 3.63) is 0 Å². The lowest BCUT2D eigenvalue weighted by atomic mass is 10.0. The van der Waals surface area contributed by atoms with E-state index in [2.05, 4.69) is 35.0 Å². The summed E-state index contributed by atoms with van der Waals surface area (Å²) in [6, 6.07) is 0. The second-order valence-electron chi connectivity index (χ2n) is 19.0. The van der Waals surface area contributed by atoms with E-state index < -0.39 is 20.4 Å². The summed E-state index contributed by atoms with van der Waals surface area (Å²) in [4.78, 5) is 33.0. The molecule has 0 rings (SSSR count). The van der Waals surface area contributed by atoms with Crippen LogP contribution < -0.4 is 0 Å². The molecule has 0 fully saturated rings. The van der Waals surface area contributed by atoms with Gasteiger partial charge in [0, 0.05) is 19.3 Å². The highest BCUT2D eigenvalue weighted by Crippen LogP contribution is 2.17. The van der Waals surface area contributed by atoms with Gasteiger partial charge in [0.1, 0.15) is 0 Å². The van der Waals surface area contributed by atoms with Crippen molar-refractivity contribution in [1.29, 1.82) is 0 Å². The van der Waals surface area contributed by atoms with Crippen molar-refractivity contribution >= 4 is 17.9 Å². The highest BCUT2D eigenvalue weighted by molar-refractivity contribution is 5.69. The number of rotatable bonds is 51. The number of aliphatic hydroxyl groups excluding tert-OH is 3. The Kier molecular flexibility index (Phi) is 67.9. The lowest BCUT2D eigenvalue weighted by molar-refractivity contribution is -0.152. The Morgan fingerprint density at radius 1 is 0.227 bits per heavy atom. The normalized spacial score (nSPS) is 10.8. The largest absolute Gasteiger partial charge is 0.439 e. The first-order valence-electron chi connectivity index (χ1n) is 28.7. The third-order valence-corrected chi connectivity index (χ3v) is 12.6. The summed E-state index contributed by atoms with van der Waals surface area (Å²) in [5.41, 5.74) is 0. The summed E-state index contributed by atoms with van der Waals surface area (Å²) in [6.45, 7) is 5.34. The molecule has 0 aromatic rings. The van der Waals surface area contributed by atoms with Gasteiger partial charge in [-0.1, -0.05) is 290 Å². The smallest absolute Gasteiger partial charge is 0.307 e. The maximum atomic E-state index is 11.0. The number of hydrogen-bond donors (Lipinski definition) is 3. The highest BCUT2D eigenvalue weighted by Gasteiger charge is 2.04. The first-order valence-corrected chi connectivity index (χ1v) is 28.7. The van der Waals surface area contributed by atoms with Gasteiger partial charge in [0.25, 0.3) is 0 Å². The minimum atomic E-state index is -0.489. The molecule has 0 aliphatic rings. The molecule has 0 aromatic heterocycles. The minimum absolute atomic E-state index is 0.280. The molecule has 0 amide bonds. The zero-order chi connectivity index (χ0) is 48.9. The van der Waals surface area contributed by atoms with Crippen LogP contribution in [0.2, 0.25) is 0 Å². The molecular weight excluding hydrogens is 829 g/mol. The van der Waals surface area contributed by atoms with E-state index in [1.165, 1.54) is 250 Å². The zero-order valence-corrected chi connectivity index (χ0v) is 44.4. The predicted octanol–water partition coefficient (Wildman–Crippen LogP) is 17.2. The molecule has 0 heterocycles. The second-order valence-corrected chi connectivity index (χ2v) is 19.0. The van der Waals surface area contributed by atoms with Gasteiger partial charge < -0.3 is 29.5 Å². The maximum absolute atomic E-state index is 11.0. The molecule has 9 heteroatoms. The summed E-state index contributed by atoms with van der Waals surface area (Å²) in [5, 5.41) is 25.3. The second kappa shape index (κ2) is 65.4. The van der Waals surface area contributed by atoms with Gasteiger partial charge in [0.15, 0.2) is 20.4 Å². The molecule has 0 radical (unpaired) electrons. The van der Waals surface area contributed by atoms with Crippen molar-refractivity contribution in [2.24, 2.45) is 0 Å². The first-order chi connectivity index (χ1) is 32.4. The molecule has 0 spiro atoms. The standard InChI is InChI=1S/3C19H38O3/c3*1-2-3-4-5-6-7-8-9-10-11-12-13-14-15-16-17-19(21)22-18-20/h3*20H,2-18H2,1H3. The molecule has 0 unspecified atom stereocenters. The molecule has 0 saturated carbocycles. The van der Waals surface area contributed by atoms with Gasteiger partial charge in [0.05, 0.1) is 0 Å². The van der Waals surface area contributed by atoms with Crippen LogP contribution in [0.3, 0.4) is 0 Å². The quantitative estimate of drug-likeness (QED) is 0.0235. The average Bonchev–Trinajstić information content (AvgIpc) is 3.31. The molecule has 396 valence electrons. The number of hydrogen-bond acceptors (Lipinski definition) is 9. The highest BCUT2D eigenvalue weighted by atomic mass is 16.6. The van der Waals surface area contributed by atoms with Crippen LogP contribution in [0.5, 0.6) is 0 Å². The summed E-state index contributed by atoms with van der Waals surface area (Å²) in [6.07, 6.45) is 60.8. The van der Waals surface area contributed by atoms with Crippen LogP contribution in [0.25, 0.3) is 0 Å². The number of ether oxygens (including phenoxy) is 3. The van der Waals surface area contributed by atoms with Crippen molar-refractivity contribution in [2.75, 3.05) is 20.4 Å². The first kappa shape index (κ1) is 68.6. The Morgan fingerprint density at radius 3 is 0.470 bits per heavy atom. The van der Waals surface area contributed by atoms with Crippen LogP contribution in [-0.2, 0) is 28.6 Å². The summed E-state index contributed by atoms with van der Waals surface area (Å²) in [5.74, 6) is -0.841. The lowest BCUT2D eigenvalue weighted by Crippen LogP contribution is -2.04. The van der Waals surface area contributed by atoms with E-state index in [4.69, 9.17) is 15.3 Å². The number of aliphatic hydroxyl groups is 3. The Bertz CT molecular complexity index is 800. The summed E-state index contributed by atoms with van der Waals surface area (Å²) < 4.78 is 13.4. The molecule has 9 nitrogen and oxygen atoms in total. The van der Waals surface area contributed by atoms with Gasteiger partial charge in [-0.2, -0.15) is 0 Å². The van der Waals surface area contributed by atoms with Gasteiger partial charge in [-0.3, -0.25) is 14.4 Å². The van der Waals surface area contributed by atoms with E-state index in [0.29, 0.717) is 19.3 Å². The fraction of sp³-hybridized carbons (Fsp3) is 0.947. The molecule has 66 heavy (non-hydrogen) atoms. The molecule has 0 saturated heterocycles. The topological polar surface area (TPSA) is 140 Å². The summed E-state index contributed by atoms with van der Waals surface area (Å²) in [7, 11) is 0. The van der Waals surface area contributed by atoms with Crippen LogP contribution >= 0.6 is 0 Å². The Hall–Kier alpha value is -1.71. The molecule has 0 aliphatic carbocycles. The van der Waals surface area contributed by atoms with E-state index >= 15 is 0 Å². The number of carbonyl (C=O) groups is 3. The van der Waals surface area contributed by atoms with Crippen LogP contribution in [-0.4, -0.2) is 53.6 Å². The zero-order valence-electron chi connectivity index (χ0n) is 44.4. The predicted molar refractivity (Wildman–Crippen MR) is 278 cm³/mol. The molecular formula is C57H114O9. The Labute approximate surface area is 409 Å². The number of carbonyl (C=O) groups excluding carboxylic acids is 3. The lowest BCUT2D eigenvalue weighted by Gasteiger charge is -2.03. The van der Waals surface area contributed by atoms with Crippen LogP contribution in [0.15, 0.2) is 0 Å².